The Kier molecular flexibility index (Phi) is 3.04. The van der Waals surface area contributed by atoms with E-state index in [0.717, 1.165) is 5.76 Å². The average molecular weight is 209 g/mol. The van der Waals surface area contributed by atoms with Crippen LogP contribution >= 0.6 is 0 Å². The molecule has 1 N–H and O–H groups in total. The van der Waals surface area contributed by atoms with Crippen LogP contribution in [0.15, 0.2) is 10.6 Å². The van der Waals surface area contributed by atoms with Gasteiger partial charge in [0.1, 0.15) is 5.76 Å². The Bertz CT molecular complexity index is 339. The Morgan fingerprint density at radius 2 is 2.27 bits per heavy atom. The summed E-state index contributed by atoms with van der Waals surface area (Å²) in [6, 6.07) is 0. The predicted octanol–water partition coefficient (Wildman–Crippen LogP) is 2.35. The SMILES string of the molecule is O=C(O)CCc1ncc(C2CCCC2)o1. The Balaban J connectivity index is 1.94. The highest BCUT2D eigenvalue weighted by atomic mass is 16.4. The highest BCUT2D eigenvalue weighted by Gasteiger charge is 2.20. The minimum atomic E-state index is -0.810. The maximum atomic E-state index is 10.4. The first-order chi connectivity index (χ1) is 7.25. The van der Waals surface area contributed by atoms with E-state index in [1.165, 1.54) is 25.7 Å². The van der Waals surface area contributed by atoms with Crippen molar-refractivity contribution in [2.24, 2.45) is 0 Å². The van der Waals surface area contributed by atoms with Gasteiger partial charge in [-0.2, -0.15) is 0 Å². The summed E-state index contributed by atoms with van der Waals surface area (Å²) < 4.78 is 5.54. The third kappa shape index (κ3) is 2.58. The first-order valence-corrected chi connectivity index (χ1v) is 5.42. The van der Waals surface area contributed by atoms with E-state index >= 15 is 0 Å². The van der Waals surface area contributed by atoms with Crippen LogP contribution in [0.4, 0.5) is 0 Å². The highest BCUT2D eigenvalue weighted by molar-refractivity contribution is 5.66. The molecule has 1 fully saturated rings. The minimum Gasteiger partial charge on any atom is -0.481 e. The molecular weight excluding hydrogens is 194 g/mol. The summed E-state index contributed by atoms with van der Waals surface area (Å²) in [7, 11) is 0. The van der Waals surface area contributed by atoms with Crippen molar-refractivity contribution in [1.82, 2.24) is 4.98 Å². The molecule has 15 heavy (non-hydrogen) atoms. The van der Waals surface area contributed by atoms with Crippen molar-refractivity contribution in [2.75, 3.05) is 0 Å². The molecule has 82 valence electrons. The van der Waals surface area contributed by atoms with E-state index in [4.69, 9.17) is 9.52 Å². The fourth-order valence-electron chi connectivity index (χ4n) is 2.05. The zero-order valence-electron chi connectivity index (χ0n) is 8.61. The van der Waals surface area contributed by atoms with Gasteiger partial charge in [0.15, 0.2) is 5.89 Å². The Labute approximate surface area is 88.3 Å². The molecule has 2 rings (SSSR count). The molecule has 0 bridgehead atoms. The lowest BCUT2D eigenvalue weighted by molar-refractivity contribution is -0.137. The topological polar surface area (TPSA) is 63.3 Å². The summed E-state index contributed by atoms with van der Waals surface area (Å²) in [5, 5.41) is 8.52. The standard InChI is InChI=1S/C11H15NO3/c13-11(14)6-5-10-12-7-9(15-10)8-3-1-2-4-8/h7-8H,1-6H2,(H,13,14). The molecule has 4 nitrogen and oxygen atoms in total. The van der Waals surface area contributed by atoms with Gasteiger partial charge in [0.05, 0.1) is 12.6 Å². The van der Waals surface area contributed by atoms with Crippen molar-refractivity contribution in [2.45, 2.75) is 44.4 Å². The first-order valence-electron chi connectivity index (χ1n) is 5.42. The normalized spacial score (nSPS) is 17.1. The summed E-state index contributed by atoms with van der Waals surface area (Å²) >= 11 is 0. The van der Waals surface area contributed by atoms with Crippen LogP contribution in [0.2, 0.25) is 0 Å². The molecule has 1 aromatic heterocycles. The van der Waals surface area contributed by atoms with Crippen LogP contribution in [0.25, 0.3) is 0 Å². The van der Waals surface area contributed by atoms with Crippen LogP contribution in [0, 0.1) is 0 Å². The number of carboxylic acids is 1. The van der Waals surface area contributed by atoms with Crippen molar-refractivity contribution in [3.8, 4) is 0 Å². The fraction of sp³-hybridized carbons (Fsp3) is 0.636. The van der Waals surface area contributed by atoms with E-state index in [1.807, 2.05) is 0 Å². The number of rotatable bonds is 4. The second-order valence-electron chi connectivity index (χ2n) is 4.03. The van der Waals surface area contributed by atoms with E-state index in [-0.39, 0.29) is 6.42 Å². The van der Waals surface area contributed by atoms with Gasteiger partial charge < -0.3 is 9.52 Å². The second kappa shape index (κ2) is 4.47. The maximum Gasteiger partial charge on any atom is 0.303 e. The molecule has 0 saturated heterocycles. The molecule has 1 aromatic rings. The van der Waals surface area contributed by atoms with Crippen LogP contribution in [-0.4, -0.2) is 16.1 Å². The third-order valence-corrected chi connectivity index (χ3v) is 2.88. The van der Waals surface area contributed by atoms with Gasteiger partial charge in [0.25, 0.3) is 0 Å². The van der Waals surface area contributed by atoms with Crippen molar-refractivity contribution in [3.05, 3.63) is 17.8 Å². The van der Waals surface area contributed by atoms with E-state index < -0.39 is 5.97 Å². The molecule has 1 heterocycles. The summed E-state index contributed by atoms with van der Waals surface area (Å²) in [5.74, 6) is 1.19. The number of hydrogen-bond acceptors (Lipinski definition) is 3. The van der Waals surface area contributed by atoms with Crippen molar-refractivity contribution >= 4 is 5.97 Å². The summed E-state index contributed by atoms with van der Waals surface area (Å²) in [5.41, 5.74) is 0. The quantitative estimate of drug-likeness (QED) is 0.826. The summed E-state index contributed by atoms with van der Waals surface area (Å²) in [4.78, 5) is 14.5. The highest BCUT2D eigenvalue weighted by Crippen LogP contribution is 2.34. The van der Waals surface area contributed by atoms with Crippen LogP contribution in [0.1, 0.15) is 49.7 Å². The van der Waals surface area contributed by atoms with Crippen LogP contribution in [0.3, 0.4) is 0 Å². The molecule has 0 aliphatic heterocycles. The van der Waals surface area contributed by atoms with Gasteiger partial charge in [-0.1, -0.05) is 12.8 Å². The fourth-order valence-corrected chi connectivity index (χ4v) is 2.05. The lowest BCUT2D eigenvalue weighted by Crippen LogP contribution is -1.97. The van der Waals surface area contributed by atoms with Gasteiger partial charge >= 0.3 is 5.97 Å². The maximum absolute atomic E-state index is 10.4. The van der Waals surface area contributed by atoms with Gasteiger partial charge in [-0.15, -0.1) is 0 Å². The van der Waals surface area contributed by atoms with Crippen LogP contribution in [-0.2, 0) is 11.2 Å². The van der Waals surface area contributed by atoms with E-state index in [1.54, 1.807) is 6.20 Å². The van der Waals surface area contributed by atoms with Crippen molar-refractivity contribution in [3.63, 3.8) is 0 Å². The Morgan fingerprint density at radius 1 is 1.53 bits per heavy atom. The van der Waals surface area contributed by atoms with Gasteiger partial charge in [0.2, 0.25) is 0 Å². The largest absolute Gasteiger partial charge is 0.481 e. The number of aliphatic carboxylic acids is 1. The van der Waals surface area contributed by atoms with Gasteiger partial charge in [-0.25, -0.2) is 4.98 Å². The average Bonchev–Trinajstić information content (AvgIpc) is 2.85. The van der Waals surface area contributed by atoms with E-state index in [9.17, 15) is 4.79 Å². The van der Waals surface area contributed by atoms with Crippen LogP contribution in [0.5, 0.6) is 0 Å². The third-order valence-electron chi connectivity index (χ3n) is 2.88. The lowest BCUT2D eigenvalue weighted by Gasteiger charge is -2.02. The molecule has 1 saturated carbocycles. The lowest BCUT2D eigenvalue weighted by atomic mass is 10.1. The van der Waals surface area contributed by atoms with E-state index in [0.29, 0.717) is 18.2 Å². The minimum absolute atomic E-state index is 0.0879. The number of carboxylic acid groups (broad SMARTS) is 1. The zero-order chi connectivity index (χ0) is 10.7. The first kappa shape index (κ1) is 10.2. The molecule has 0 radical (unpaired) electrons. The monoisotopic (exact) mass is 209 g/mol. The van der Waals surface area contributed by atoms with Crippen LogP contribution < -0.4 is 0 Å². The molecule has 4 heteroatoms. The predicted molar refractivity (Wildman–Crippen MR) is 53.7 cm³/mol. The molecular formula is C11H15NO3. The molecule has 0 unspecified atom stereocenters. The van der Waals surface area contributed by atoms with Crippen molar-refractivity contribution in [1.29, 1.82) is 0 Å². The van der Waals surface area contributed by atoms with Crippen molar-refractivity contribution < 1.29 is 14.3 Å². The number of nitrogens with zero attached hydrogens (tertiary/aromatic N) is 1. The number of oxazole rings is 1. The number of hydrogen-bond donors (Lipinski definition) is 1. The van der Waals surface area contributed by atoms with Gasteiger partial charge in [-0.05, 0) is 12.8 Å². The molecule has 0 spiro atoms. The number of aryl methyl sites for hydroxylation is 1. The number of carbonyl (C=O) groups is 1. The number of aromatic nitrogens is 1. The van der Waals surface area contributed by atoms with Gasteiger partial charge in [0, 0.05) is 12.3 Å². The second-order valence-corrected chi connectivity index (χ2v) is 4.03. The Hall–Kier alpha value is -1.32. The summed E-state index contributed by atoms with van der Waals surface area (Å²) in [6.45, 7) is 0. The molecule has 1 aliphatic carbocycles. The smallest absolute Gasteiger partial charge is 0.303 e. The van der Waals surface area contributed by atoms with E-state index in [2.05, 4.69) is 4.98 Å². The molecule has 0 atom stereocenters. The summed E-state index contributed by atoms with van der Waals surface area (Å²) in [6.07, 6.45) is 7.10. The zero-order valence-corrected chi connectivity index (χ0v) is 8.61. The molecule has 0 amide bonds. The molecule has 1 aliphatic rings. The molecule has 0 aromatic carbocycles. The Morgan fingerprint density at radius 3 is 2.93 bits per heavy atom. The van der Waals surface area contributed by atoms with Gasteiger partial charge in [-0.3, -0.25) is 4.79 Å².